The van der Waals surface area contributed by atoms with E-state index in [4.69, 9.17) is 9.47 Å². The molecule has 1 rings (SSSR count). The average Bonchev–Trinajstić information content (AvgIpc) is 2.35. The van der Waals surface area contributed by atoms with Gasteiger partial charge in [-0.05, 0) is 28.4 Å². The molecule has 1 aromatic carbocycles. The Morgan fingerprint density at radius 3 is 2.82 bits per heavy atom. The first-order valence-electron chi connectivity index (χ1n) is 5.73. The molecule has 17 heavy (non-hydrogen) atoms. The van der Waals surface area contributed by atoms with Crippen molar-refractivity contribution in [3.63, 3.8) is 0 Å². The summed E-state index contributed by atoms with van der Waals surface area (Å²) >= 11 is 3.34. The Morgan fingerprint density at radius 1 is 1.29 bits per heavy atom. The van der Waals surface area contributed by atoms with Crippen molar-refractivity contribution in [2.75, 3.05) is 19.8 Å². The number of unbranched alkanes of at least 4 members (excludes halogenated alkanes) is 1. The molecule has 0 aromatic heterocycles. The summed E-state index contributed by atoms with van der Waals surface area (Å²) < 4.78 is 11.6. The molecular formula is C13H17BrO3. The number of halogens is 1. The molecule has 0 saturated carbocycles. The zero-order valence-corrected chi connectivity index (χ0v) is 11.5. The van der Waals surface area contributed by atoms with Gasteiger partial charge < -0.3 is 9.47 Å². The van der Waals surface area contributed by atoms with Crippen molar-refractivity contribution >= 4 is 22.2 Å². The Hall–Kier alpha value is -0.870. The van der Waals surface area contributed by atoms with Gasteiger partial charge in [-0.2, -0.15) is 0 Å². The topological polar surface area (TPSA) is 35.5 Å². The van der Waals surface area contributed by atoms with E-state index < -0.39 is 0 Å². The van der Waals surface area contributed by atoms with E-state index in [0.29, 0.717) is 29.0 Å². The fourth-order valence-electron chi connectivity index (χ4n) is 1.29. The van der Waals surface area contributed by atoms with Crippen LogP contribution in [0.25, 0.3) is 0 Å². The first-order chi connectivity index (χ1) is 8.29. The van der Waals surface area contributed by atoms with Crippen molar-refractivity contribution < 1.29 is 14.3 Å². The molecule has 0 aliphatic carbocycles. The summed E-state index contributed by atoms with van der Waals surface area (Å²) in [4.78, 5) is 10.7. The molecule has 3 nitrogen and oxygen atoms in total. The second-order valence-electron chi connectivity index (χ2n) is 3.59. The minimum absolute atomic E-state index is 0.491. The van der Waals surface area contributed by atoms with E-state index in [9.17, 15) is 4.79 Å². The molecule has 0 heterocycles. The first kappa shape index (κ1) is 14.2. The molecule has 1 aromatic rings. The van der Waals surface area contributed by atoms with Crippen LogP contribution in [0.3, 0.4) is 0 Å². The van der Waals surface area contributed by atoms with Crippen LogP contribution in [0.5, 0.6) is 5.75 Å². The van der Waals surface area contributed by atoms with Crippen LogP contribution in [-0.4, -0.2) is 26.1 Å². The van der Waals surface area contributed by atoms with E-state index in [-0.39, 0.29) is 0 Å². The van der Waals surface area contributed by atoms with Gasteiger partial charge in [0.05, 0.1) is 11.1 Å². The SMILES string of the molecule is CCCCOCCOc1cccc(C=O)c1Br. The lowest BCUT2D eigenvalue weighted by Crippen LogP contribution is -2.08. The number of aldehydes is 1. The lowest BCUT2D eigenvalue weighted by atomic mass is 10.2. The summed E-state index contributed by atoms with van der Waals surface area (Å²) in [6.45, 7) is 3.96. The number of hydrogen-bond acceptors (Lipinski definition) is 3. The molecule has 4 heteroatoms. The first-order valence-corrected chi connectivity index (χ1v) is 6.53. The molecule has 0 atom stereocenters. The number of benzene rings is 1. The molecule has 0 amide bonds. The quantitative estimate of drug-likeness (QED) is 0.545. The molecule has 0 fully saturated rings. The van der Waals surface area contributed by atoms with Gasteiger partial charge in [-0.15, -0.1) is 0 Å². The maximum Gasteiger partial charge on any atom is 0.151 e. The third-order valence-corrected chi connectivity index (χ3v) is 3.10. The maximum absolute atomic E-state index is 10.7. The van der Waals surface area contributed by atoms with Gasteiger partial charge in [0, 0.05) is 12.2 Å². The molecule has 0 bridgehead atoms. The molecule has 0 spiro atoms. The average molecular weight is 301 g/mol. The summed E-state index contributed by atoms with van der Waals surface area (Å²) in [6.07, 6.45) is 3.01. The zero-order chi connectivity index (χ0) is 12.5. The number of rotatable bonds is 8. The predicted molar refractivity (Wildman–Crippen MR) is 70.8 cm³/mol. The van der Waals surface area contributed by atoms with Crippen LogP contribution in [0, 0.1) is 0 Å². The van der Waals surface area contributed by atoms with E-state index in [1.165, 1.54) is 0 Å². The molecule has 0 aliphatic rings. The third kappa shape index (κ3) is 4.88. The van der Waals surface area contributed by atoms with Crippen molar-refractivity contribution in [2.24, 2.45) is 0 Å². The number of carbonyl (C=O) groups is 1. The fraction of sp³-hybridized carbons (Fsp3) is 0.462. The molecular weight excluding hydrogens is 284 g/mol. The van der Waals surface area contributed by atoms with Gasteiger partial charge in [-0.25, -0.2) is 0 Å². The summed E-state index contributed by atoms with van der Waals surface area (Å²) in [7, 11) is 0. The van der Waals surface area contributed by atoms with Crippen LogP contribution in [0.2, 0.25) is 0 Å². The van der Waals surface area contributed by atoms with Crippen molar-refractivity contribution in [1.82, 2.24) is 0 Å². The van der Waals surface area contributed by atoms with Gasteiger partial charge >= 0.3 is 0 Å². The minimum Gasteiger partial charge on any atom is -0.490 e. The highest BCUT2D eigenvalue weighted by atomic mass is 79.9. The van der Waals surface area contributed by atoms with Crippen LogP contribution in [-0.2, 0) is 4.74 Å². The molecule has 94 valence electrons. The summed E-state index contributed by atoms with van der Waals surface area (Å²) in [5.41, 5.74) is 0.592. The smallest absolute Gasteiger partial charge is 0.151 e. The Kier molecular flexibility index (Phi) is 6.89. The second kappa shape index (κ2) is 8.25. The van der Waals surface area contributed by atoms with Crippen molar-refractivity contribution in [3.8, 4) is 5.75 Å². The summed E-state index contributed by atoms with van der Waals surface area (Å²) in [5, 5.41) is 0. The molecule has 0 radical (unpaired) electrons. The van der Waals surface area contributed by atoms with Crippen LogP contribution in [0.1, 0.15) is 30.1 Å². The van der Waals surface area contributed by atoms with E-state index in [0.717, 1.165) is 25.7 Å². The lowest BCUT2D eigenvalue weighted by Gasteiger charge is -2.09. The monoisotopic (exact) mass is 300 g/mol. The summed E-state index contributed by atoms with van der Waals surface area (Å²) in [6, 6.07) is 5.35. The van der Waals surface area contributed by atoms with Crippen LogP contribution >= 0.6 is 15.9 Å². The Bertz CT molecular complexity index is 353. The largest absolute Gasteiger partial charge is 0.490 e. The molecule has 0 saturated heterocycles. The highest BCUT2D eigenvalue weighted by Gasteiger charge is 2.05. The van der Waals surface area contributed by atoms with Gasteiger partial charge in [0.1, 0.15) is 12.4 Å². The normalized spacial score (nSPS) is 10.2. The molecule has 0 unspecified atom stereocenters. The standard InChI is InChI=1S/C13H17BrO3/c1-2-3-7-16-8-9-17-12-6-4-5-11(10-15)13(12)14/h4-6,10H,2-3,7-9H2,1H3. The molecule has 0 aliphatic heterocycles. The van der Waals surface area contributed by atoms with Gasteiger partial charge in [-0.3, -0.25) is 4.79 Å². The van der Waals surface area contributed by atoms with Gasteiger partial charge in [0.15, 0.2) is 6.29 Å². The third-order valence-electron chi connectivity index (χ3n) is 2.25. The zero-order valence-electron chi connectivity index (χ0n) is 9.95. The molecule has 0 N–H and O–H groups in total. The Balaban J connectivity index is 2.34. The fourth-order valence-corrected chi connectivity index (χ4v) is 1.76. The highest BCUT2D eigenvalue weighted by molar-refractivity contribution is 9.10. The number of hydrogen-bond donors (Lipinski definition) is 0. The highest BCUT2D eigenvalue weighted by Crippen LogP contribution is 2.27. The van der Waals surface area contributed by atoms with Crippen LogP contribution < -0.4 is 4.74 Å². The maximum atomic E-state index is 10.7. The van der Waals surface area contributed by atoms with Gasteiger partial charge in [0.25, 0.3) is 0 Å². The summed E-state index contributed by atoms with van der Waals surface area (Å²) in [5.74, 6) is 0.675. The van der Waals surface area contributed by atoms with Crippen LogP contribution in [0.15, 0.2) is 22.7 Å². The van der Waals surface area contributed by atoms with E-state index in [2.05, 4.69) is 22.9 Å². The Labute approximate surface area is 110 Å². The minimum atomic E-state index is 0.491. The number of ether oxygens (including phenoxy) is 2. The van der Waals surface area contributed by atoms with E-state index >= 15 is 0 Å². The van der Waals surface area contributed by atoms with Gasteiger partial charge in [0.2, 0.25) is 0 Å². The van der Waals surface area contributed by atoms with E-state index in [1.54, 1.807) is 12.1 Å². The Morgan fingerprint density at radius 2 is 2.12 bits per heavy atom. The van der Waals surface area contributed by atoms with E-state index in [1.807, 2.05) is 6.07 Å². The van der Waals surface area contributed by atoms with Crippen molar-refractivity contribution in [2.45, 2.75) is 19.8 Å². The number of carbonyl (C=O) groups excluding carboxylic acids is 1. The van der Waals surface area contributed by atoms with Gasteiger partial charge in [-0.1, -0.05) is 25.5 Å². The predicted octanol–water partition coefficient (Wildman–Crippen LogP) is 3.46. The van der Waals surface area contributed by atoms with Crippen LogP contribution in [0.4, 0.5) is 0 Å². The van der Waals surface area contributed by atoms with Crippen molar-refractivity contribution in [1.29, 1.82) is 0 Å². The van der Waals surface area contributed by atoms with Crippen molar-refractivity contribution in [3.05, 3.63) is 28.2 Å². The second-order valence-corrected chi connectivity index (χ2v) is 4.38. The lowest BCUT2D eigenvalue weighted by molar-refractivity contribution is 0.0977.